The maximum Gasteiger partial charge on any atom is 0.413 e. The smallest absolute Gasteiger partial charge is 0.413 e. The molecule has 0 spiro atoms. The van der Waals surface area contributed by atoms with E-state index in [0.717, 1.165) is 25.2 Å². The van der Waals surface area contributed by atoms with Crippen molar-refractivity contribution in [1.29, 1.82) is 0 Å². The van der Waals surface area contributed by atoms with E-state index in [1.54, 1.807) is 19.2 Å². The first kappa shape index (κ1) is 24.7. The van der Waals surface area contributed by atoms with Crippen LogP contribution in [0.2, 0.25) is 0 Å². The molecule has 0 aliphatic heterocycles. The fraction of sp³-hybridized carbons (Fsp3) is 0.600. The molecule has 1 atom stereocenters. The van der Waals surface area contributed by atoms with Crippen molar-refractivity contribution in [3.8, 4) is 5.75 Å². The van der Waals surface area contributed by atoms with Gasteiger partial charge in [0.25, 0.3) is 0 Å². The van der Waals surface area contributed by atoms with Gasteiger partial charge in [0, 0.05) is 25.9 Å². The molecule has 0 saturated heterocycles. The van der Waals surface area contributed by atoms with Gasteiger partial charge in [-0.2, -0.15) is 0 Å². The van der Waals surface area contributed by atoms with Gasteiger partial charge in [-0.15, -0.1) is 0 Å². The molecule has 0 aromatic heterocycles. The van der Waals surface area contributed by atoms with Crippen LogP contribution in [0.25, 0.3) is 0 Å². The van der Waals surface area contributed by atoms with Gasteiger partial charge >= 0.3 is 12.1 Å². The zero-order valence-electron chi connectivity index (χ0n) is 17.2. The number of aliphatic carboxylic acids is 1. The molecule has 1 aromatic carbocycles. The van der Waals surface area contributed by atoms with Crippen molar-refractivity contribution in [1.82, 2.24) is 5.32 Å². The van der Waals surface area contributed by atoms with Crippen molar-refractivity contribution in [2.75, 3.05) is 31.7 Å². The summed E-state index contributed by atoms with van der Waals surface area (Å²) in [5, 5.41) is 11.4. The van der Waals surface area contributed by atoms with Crippen LogP contribution in [0.1, 0.15) is 47.0 Å². The predicted molar refractivity (Wildman–Crippen MR) is 108 cm³/mol. The topological polar surface area (TPSA) is 88.1 Å². The molecule has 2 N–H and O–H groups in total. The first-order chi connectivity index (χ1) is 13.0. The van der Waals surface area contributed by atoms with E-state index < -0.39 is 18.1 Å². The zero-order chi connectivity index (χ0) is 20.7. The van der Waals surface area contributed by atoms with E-state index in [4.69, 9.17) is 14.6 Å². The lowest BCUT2D eigenvalue weighted by atomic mass is 10.2. The molecule has 0 bridgehead atoms. The number of amides is 1. The van der Waals surface area contributed by atoms with Crippen LogP contribution < -0.4 is 15.0 Å². The van der Waals surface area contributed by atoms with Gasteiger partial charge < -0.3 is 24.8 Å². The molecule has 1 rings (SSSR count). The fourth-order valence-corrected chi connectivity index (χ4v) is 2.39. The molecule has 7 nitrogen and oxygen atoms in total. The van der Waals surface area contributed by atoms with Crippen LogP contribution in [0.15, 0.2) is 24.3 Å². The molecular formula is C20H34N2O5. The molecular weight excluding hydrogens is 348 g/mol. The van der Waals surface area contributed by atoms with Gasteiger partial charge in [-0.05, 0) is 37.1 Å². The summed E-state index contributed by atoms with van der Waals surface area (Å²) in [6.45, 7) is 10.3. The van der Waals surface area contributed by atoms with E-state index in [1.807, 2.05) is 32.9 Å². The van der Waals surface area contributed by atoms with Crippen molar-refractivity contribution in [3.05, 3.63) is 24.3 Å². The van der Waals surface area contributed by atoms with E-state index in [-0.39, 0.29) is 0 Å². The molecule has 0 aliphatic carbocycles. The number of methoxy groups -OCH3 is 1. The van der Waals surface area contributed by atoms with Gasteiger partial charge in [0.15, 0.2) is 0 Å². The highest BCUT2D eigenvalue weighted by Gasteiger charge is 2.19. The molecule has 0 fully saturated rings. The van der Waals surface area contributed by atoms with Crippen LogP contribution in [0.5, 0.6) is 5.75 Å². The maximum absolute atomic E-state index is 11.8. The number of nitrogens with zero attached hydrogens (tertiary/aromatic N) is 1. The van der Waals surface area contributed by atoms with Crippen LogP contribution in [0.4, 0.5) is 10.5 Å². The quantitative estimate of drug-likeness (QED) is 0.603. The Kier molecular flexibility index (Phi) is 13.6. The Morgan fingerprint density at radius 1 is 1.11 bits per heavy atom. The second-order valence-electron chi connectivity index (χ2n) is 5.69. The van der Waals surface area contributed by atoms with E-state index in [9.17, 15) is 9.59 Å². The molecule has 0 aliphatic rings. The maximum atomic E-state index is 11.8. The summed E-state index contributed by atoms with van der Waals surface area (Å²) in [7, 11) is 1.67. The highest BCUT2D eigenvalue weighted by molar-refractivity contribution is 5.80. The Bertz CT molecular complexity index is 534. The number of carboxylic acid groups (broad SMARTS) is 1. The van der Waals surface area contributed by atoms with Crippen molar-refractivity contribution in [2.45, 2.75) is 53.0 Å². The number of nitrogens with one attached hydrogen (secondary N) is 1. The van der Waals surface area contributed by atoms with E-state index in [2.05, 4.69) is 17.1 Å². The van der Waals surface area contributed by atoms with Crippen molar-refractivity contribution >= 4 is 17.7 Å². The van der Waals surface area contributed by atoms with E-state index in [0.29, 0.717) is 25.2 Å². The van der Waals surface area contributed by atoms with Crippen LogP contribution in [-0.4, -0.2) is 50.0 Å². The van der Waals surface area contributed by atoms with Gasteiger partial charge in [0.1, 0.15) is 11.8 Å². The largest absolute Gasteiger partial charge is 0.480 e. The molecule has 7 heteroatoms. The average Bonchev–Trinajstić information content (AvgIpc) is 2.67. The van der Waals surface area contributed by atoms with E-state index >= 15 is 0 Å². The van der Waals surface area contributed by atoms with Crippen LogP contribution in [-0.2, 0) is 9.53 Å². The second kappa shape index (κ2) is 14.8. The van der Waals surface area contributed by atoms with Crippen LogP contribution >= 0.6 is 0 Å². The Morgan fingerprint density at radius 2 is 1.74 bits per heavy atom. The Morgan fingerprint density at radius 3 is 2.22 bits per heavy atom. The van der Waals surface area contributed by atoms with Crippen molar-refractivity contribution in [2.24, 2.45) is 0 Å². The van der Waals surface area contributed by atoms with Gasteiger partial charge in [0.2, 0.25) is 0 Å². The first-order valence-corrected chi connectivity index (χ1v) is 9.56. The SMILES string of the molecule is CC.CCC[C@H](NC(=O)Oc1ccc(N(CCC)CCOC)cc1)C(=O)O. The van der Waals surface area contributed by atoms with Gasteiger partial charge in [-0.1, -0.05) is 34.1 Å². The highest BCUT2D eigenvalue weighted by Crippen LogP contribution is 2.20. The number of carbonyl (C=O) groups is 2. The third-order valence-corrected chi connectivity index (χ3v) is 3.64. The average molecular weight is 383 g/mol. The number of anilines is 1. The van der Waals surface area contributed by atoms with Crippen LogP contribution in [0.3, 0.4) is 0 Å². The van der Waals surface area contributed by atoms with Crippen molar-refractivity contribution < 1.29 is 24.2 Å². The molecule has 1 aromatic rings. The number of ether oxygens (including phenoxy) is 2. The Hall–Kier alpha value is -2.28. The highest BCUT2D eigenvalue weighted by atomic mass is 16.6. The monoisotopic (exact) mass is 382 g/mol. The molecule has 154 valence electrons. The zero-order valence-corrected chi connectivity index (χ0v) is 17.2. The summed E-state index contributed by atoms with van der Waals surface area (Å²) < 4.78 is 10.3. The minimum absolute atomic E-state index is 0.356. The normalized spacial score (nSPS) is 11.0. The summed E-state index contributed by atoms with van der Waals surface area (Å²) in [6, 6.07) is 6.19. The number of hydrogen-bond donors (Lipinski definition) is 2. The molecule has 0 unspecified atom stereocenters. The third-order valence-electron chi connectivity index (χ3n) is 3.64. The Labute approximate surface area is 162 Å². The van der Waals surface area contributed by atoms with Gasteiger partial charge in [0.05, 0.1) is 6.61 Å². The number of carbonyl (C=O) groups excluding carboxylic acids is 1. The number of benzene rings is 1. The minimum atomic E-state index is -1.07. The Balaban J connectivity index is 0.00000326. The lowest BCUT2D eigenvalue weighted by Gasteiger charge is -2.24. The summed E-state index contributed by atoms with van der Waals surface area (Å²) in [6.07, 6.45) is 1.26. The van der Waals surface area contributed by atoms with Crippen LogP contribution in [0, 0.1) is 0 Å². The number of rotatable bonds is 11. The standard InChI is InChI=1S/C18H28N2O5.C2H6/c1-4-6-16(17(21)22)19-18(23)25-15-9-7-14(8-10-15)20(11-5-2)12-13-24-3;1-2/h7-10,16H,4-6,11-13H2,1-3H3,(H,19,23)(H,21,22);1-2H3/t16-;/m0./s1. The van der Waals surface area contributed by atoms with Crippen molar-refractivity contribution in [3.63, 3.8) is 0 Å². The molecule has 0 saturated carbocycles. The minimum Gasteiger partial charge on any atom is -0.480 e. The molecule has 0 radical (unpaired) electrons. The van der Waals surface area contributed by atoms with E-state index in [1.165, 1.54) is 0 Å². The number of carboxylic acids is 1. The second-order valence-corrected chi connectivity index (χ2v) is 5.69. The molecule has 27 heavy (non-hydrogen) atoms. The summed E-state index contributed by atoms with van der Waals surface area (Å²) in [4.78, 5) is 25.1. The predicted octanol–water partition coefficient (Wildman–Crippen LogP) is 3.92. The van der Waals surface area contributed by atoms with Gasteiger partial charge in [-0.25, -0.2) is 9.59 Å². The molecule has 1 amide bonds. The number of hydrogen-bond acceptors (Lipinski definition) is 5. The lowest BCUT2D eigenvalue weighted by Crippen LogP contribution is -2.42. The molecule has 0 heterocycles. The lowest BCUT2D eigenvalue weighted by molar-refractivity contribution is -0.139. The van der Waals surface area contributed by atoms with Gasteiger partial charge in [-0.3, -0.25) is 0 Å². The summed E-state index contributed by atoms with van der Waals surface area (Å²) >= 11 is 0. The fourth-order valence-electron chi connectivity index (χ4n) is 2.39. The first-order valence-electron chi connectivity index (χ1n) is 9.56. The summed E-state index contributed by atoms with van der Waals surface area (Å²) in [5.74, 6) is -0.701. The summed E-state index contributed by atoms with van der Waals surface area (Å²) in [5.41, 5.74) is 1.01. The third kappa shape index (κ3) is 9.84.